The molecular weight excluding hydrogens is 489 g/mol. The number of ether oxygens (including phenoxy) is 1. The maximum Gasteiger partial charge on any atom is 0.252 e. The predicted molar refractivity (Wildman–Crippen MR) is 128 cm³/mol. The first-order valence-corrected chi connectivity index (χ1v) is 11.4. The molecular formula is C25H23F3N6O3. The van der Waals surface area contributed by atoms with Crippen LogP contribution in [0.25, 0.3) is 10.9 Å². The quantitative estimate of drug-likeness (QED) is 0.372. The summed E-state index contributed by atoms with van der Waals surface area (Å²) < 4.78 is 47.5. The number of hydrogen-bond donors (Lipinski definition) is 2. The average molecular weight is 512 g/mol. The van der Waals surface area contributed by atoms with Gasteiger partial charge in [0.15, 0.2) is 11.6 Å². The number of alkyl halides is 1. The lowest BCUT2D eigenvalue weighted by Crippen LogP contribution is -2.37. The van der Waals surface area contributed by atoms with Gasteiger partial charge in [-0.15, -0.1) is 9.94 Å². The highest BCUT2D eigenvalue weighted by Gasteiger charge is 2.29. The molecule has 1 amide bonds. The van der Waals surface area contributed by atoms with Gasteiger partial charge in [0, 0.05) is 23.4 Å². The van der Waals surface area contributed by atoms with Crippen molar-refractivity contribution in [3.63, 3.8) is 0 Å². The number of rotatable bonds is 8. The highest BCUT2D eigenvalue weighted by Crippen LogP contribution is 2.28. The van der Waals surface area contributed by atoms with Crippen LogP contribution in [0.4, 0.5) is 19.1 Å². The summed E-state index contributed by atoms with van der Waals surface area (Å²) in [6.45, 7) is 0. The predicted octanol–water partition coefficient (Wildman–Crippen LogP) is 3.60. The number of halogens is 3. The maximum atomic E-state index is 14.9. The highest BCUT2D eigenvalue weighted by atomic mass is 19.1. The van der Waals surface area contributed by atoms with Gasteiger partial charge in [-0.05, 0) is 42.7 Å². The molecule has 2 aromatic carbocycles. The molecule has 9 nitrogen and oxygen atoms in total. The van der Waals surface area contributed by atoms with Crippen LogP contribution in [-0.2, 0) is 0 Å². The first-order chi connectivity index (χ1) is 17.8. The van der Waals surface area contributed by atoms with E-state index in [2.05, 4.69) is 25.7 Å². The fourth-order valence-electron chi connectivity index (χ4n) is 4.14. The Kier molecular flexibility index (Phi) is 6.55. The number of nitrogens with one attached hydrogen (secondary N) is 2. The standard InChI is InChI=1S/C25H23F3N6O3/c1-36-22-4-3-13(5-20(22)28)23(15-10-30-34(12-15)37-2)33-24(35)14-6-19(27)18-11-29-25(32-21(18)7-14)31-17-8-16(26)9-17/h3-7,10-12,16-17,23H,8-9H2,1-2H3,(H,33,35)(H,29,31,32)/t16-,17+,23-/m0/s1. The monoisotopic (exact) mass is 512 g/mol. The number of methoxy groups -OCH3 is 1. The Morgan fingerprint density at radius 1 is 1.11 bits per heavy atom. The number of carbonyl (C=O) groups is 1. The van der Waals surface area contributed by atoms with Crippen molar-refractivity contribution in [3.8, 4) is 5.75 Å². The van der Waals surface area contributed by atoms with Crippen LogP contribution < -0.4 is 20.2 Å². The number of hydrogen-bond acceptors (Lipinski definition) is 7. The normalized spacial score (nSPS) is 17.6. The van der Waals surface area contributed by atoms with E-state index in [1.54, 1.807) is 6.07 Å². The lowest BCUT2D eigenvalue weighted by atomic mass is 9.91. The molecule has 1 atom stereocenters. The molecule has 1 aliphatic rings. The zero-order valence-electron chi connectivity index (χ0n) is 19.9. The van der Waals surface area contributed by atoms with E-state index in [1.165, 1.54) is 55.9 Å². The molecule has 1 saturated carbocycles. The van der Waals surface area contributed by atoms with Gasteiger partial charge in [0.2, 0.25) is 5.95 Å². The Morgan fingerprint density at radius 3 is 2.59 bits per heavy atom. The molecule has 5 rings (SSSR count). The van der Waals surface area contributed by atoms with Crippen molar-refractivity contribution in [2.75, 3.05) is 19.5 Å². The van der Waals surface area contributed by atoms with E-state index in [1.807, 2.05) is 0 Å². The summed E-state index contributed by atoms with van der Waals surface area (Å²) in [6, 6.07) is 5.86. The number of benzene rings is 2. The van der Waals surface area contributed by atoms with Gasteiger partial charge in [0.05, 0.1) is 36.4 Å². The van der Waals surface area contributed by atoms with Crippen molar-refractivity contribution in [3.05, 3.63) is 77.2 Å². The van der Waals surface area contributed by atoms with Crippen LogP contribution >= 0.6 is 0 Å². The molecule has 1 fully saturated rings. The van der Waals surface area contributed by atoms with Gasteiger partial charge in [-0.3, -0.25) is 4.79 Å². The van der Waals surface area contributed by atoms with Gasteiger partial charge in [-0.2, -0.15) is 0 Å². The van der Waals surface area contributed by atoms with Crippen molar-refractivity contribution in [2.45, 2.75) is 31.1 Å². The molecule has 2 aromatic heterocycles. The van der Waals surface area contributed by atoms with Crippen molar-refractivity contribution >= 4 is 22.8 Å². The highest BCUT2D eigenvalue weighted by molar-refractivity contribution is 5.98. The van der Waals surface area contributed by atoms with E-state index in [0.717, 1.165) is 6.07 Å². The second-order valence-electron chi connectivity index (χ2n) is 8.65. The summed E-state index contributed by atoms with van der Waals surface area (Å²) in [6.07, 6.45) is 4.16. The Labute approximate surface area is 209 Å². The molecule has 12 heteroatoms. The fourth-order valence-corrected chi connectivity index (χ4v) is 4.14. The summed E-state index contributed by atoms with van der Waals surface area (Å²) in [5, 5.41) is 9.99. The number of amides is 1. The number of nitrogens with zero attached hydrogens (tertiary/aromatic N) is 4. The molecule has 0 aliphatic heterocycles. The van der Waals surface area contributed by atoms with E-state index in [4.69, 9.17) is 9.57 Å². The minimum Gasteiger partial charge on any atom is -0.494 e. The molecule has 1 aliphatic carbocycles. The second-order valence-corrected chi connectivity index (χ2v) is 8.65. The number of aromatic nitrogens is 4. The number of fused-ring (bicyclic) bond motifs is 1. The first-order valence-electron chi connectivity index (χ1n) is 11.4. The van der Waals surface area contributed by atoms with E-state index in [0.29, 0.717) is 24.0 Å². The molecule has 0 saturated heterocycles. The summed E-state index contributed by atoms with van der Waals surface area (Å²) in [5.41, 5.74) is 1.11. The maximum absolute atomic E-state index is 14.9. The molecule has 2 N–H and O–H groups in total. The van der Waals surface area contributed by atoms with Crippen LogP contribution in [0, 0.1) is 11.6 Å². The van der Waals surface area contributed by atoms with Crippen LogP contribution in [-0.4, -0.2) is 52.3 Å². The Bertz CT molecular complexity index is 1460. The average Bonchev–Trinajstić information content (AvgIpc) is 3.35. The zero-order chi connectivity index (χ0) is 26.1. The molecule has 0 bridgehead atoms. The van der Waals surface area contributed by atoms with Gasteiger partial charge in [-0.1, -0.05) is 6.07 Å². The summed E-state index contributed by atoms with van der Waals surface area (Å²) in [7, 11) is 2.77. The molecule has 0 unspecified atom stereocenters. The van der Waals surface area contributed by atoms with Gasteiger partial charge in [0.1, 0.15) is 19.1 Å². The Morgan fingerprint density at radius 2 is 1.92 bits per heavy atom. The van der Waals surface area contributed by atoms with Gasteiger partial charge >= 0.3 is 0 Å². The van der Waals surface area contributed by atoms with Gasteiger partial charge < -0.3 is 20.2 Å². The van der Waals surface area contributed by atoms with Gasteiger partial charge in [-0.25, -0.2) is 23.1 Å². The Hall–Kier alpha value is -4.35. The topological polar surface area (TPSA) is 103 Å². The first kappa shape index (κ1) is 24.3. The Balaban J connectivity index is 1.45. The van der Waals surface area contributed by atoms with E-state index in [9.17, 15) is 18.0 Å². The third-order valence-electron chi connectivity index (χ3n) is 6.21. The van der Waals surface area contributed by atoms with E-state index < -0.39 is 29.8 Å². The fraction of sp³-hybridized carbons (Fsp3) is 0.280. The van der Waals surface area contributed by atoms with Gasteiger partial charge in [0.25, 0.3) is 5.91 Å². The van der Waals surface area contributed by atoms with Crippen molar-refractivity contribution in [1.82, 2.24) is 25.2 Å². The van der Waals surface area contributed by atoms with Crippen LogP contribution in [0.5, 0.6) is 5.75 Å². The minimum absolute atomic E-state index is 0.000216. The summed E-state index contributed by atoms with van der Waals surface area (Å²) in [4.78, 5) is 27.9. The molecule has 192 valence electrons. The molecule has 2 heterocycles. The lowest BCUT2D eigenvalue weighted by Gasteiger charge is -2.30. The lowest BCUT2D eigenvalue weighted by molar-refractivity contribution is 0.0942. The van der Waals surface area contributed by atoms with Crippen molar-refractivity contribution in [2.24, 2.45) is 0 Å². The van der Waals surface area contributed by atoms with E-state index >= 15 is 0 Å². The van der Waals surface area contributed by atoms with Crippen LogP contribution in [0.3, 0.4) is 0 Å². The minimum atomic E-state index is -0.853. The largest absolute Gasteiger partial charge is 0.494 e. The van der Waals surface area contributed by atoms with Crippen LogP contribution in [0.15, 0.2) is 48.9 Å². The number of anilines is 1. The zero-order valence-corrected chi connectivity index (χ0v) is 19.9. The molecule has 4 aromatic rings. The SMILES string of the molecule is COc1ccc([C@H](NC(=O)c2cc(F)c3cnc(N[C@H]4C[C@@H](F)C4)nc3c2)c2cnn(OC)c2)cc1F. The van der Waals surface area contributed by atoms with E-state index in [-0.39, 0.29) is 34.2 Å². The summed E-state index contributed by atoms with van der Waals surface area (Å²) >= 11 is 0. The molecule has 0 radical (unpaired) electrons. The summed E-state index contributed by atoms with van der Waals surface area (Å²) in [5.74, 6) is -1.65. The van der Waals surface area contributed by atoms with Crippen molar-refractivity contribution < 1.29 is 27.5 Å². The van der Waals surface area contributed by atoms with Crippen LogP contribution in [0.1, 0.15) is 40.4 Å². The third-order valence-corrected chi connectivity index (χ3v) is 6.21. The number of carbonyl (C=O) groups excluding carboxylic acids is 1. The van der Waals surface area contributed by atoms with Crippen LogP contribution in [0.2, 0.25) is 0 Å². The smallest absolute Gasteiger partial charge is 0.252 e. The third kappa shape index (κ3) is 4.99. The van der Waals surface area contributed by atoms with Crippen molar-refractivity contribution in [1.29, 1.82) is 0 Å². The molecule has 0 spiro atoms. The second kappa shape index (κ2) is 9.96. The molecule has 37 heavy (non-hydrogen) atoms.